The summed E-state index contributed by atoms with van der Waals surface area (Å²) in [7, 11) is 1.63. The number of methoxy groups -OCH3 is 1. The SMILES string of the molecule is COc1cc(Br)cc(NCC(=O)NC2CCCCCC2)c1. The number of amides is 1. The van der Waals surface area contributed by atoms with Crippen LogP contribution in [0.4, 0.5) is 5.69 Å². The molecule has 1 amide bonds. The van der Waals surface area contributed by atoms with Gasteiger partial charge in [0.2, 0.25) is 5.91 Å². The third-order valence-electron chi connectivity index (χ3n) is 3.78. The van der Waals surface area contributed by atoms with Gasteiger partial charge in [-0.2, -0.15) is 0 Å². The summed E-state index contributed by atoms with van der Waals surface area (Å²) in [5, 5.41) is 6.27. The molecule has 1 saturated carbocycles. The Morgan fingerprint density at radius 2 is 1.95 bits per heavy atom. The first kappa shape index (κ1) is 16.1. The number of carbonyl (C=O) groups is 1. The Labute approximate surface area is 134 Å². The number of benzene rings is 1. The van der Waals surface area contributed by atoms with E-state index in [-0.39, 0.29) is 12.5 Å². The first-order valence-corrected chi connectivity index (χ1v) is 8.34. The van der Waals surface area contributed by atoms with Crippen LogP contribution in [0.25, 0.3) is 0 Å². The largest absolute Gasteiger partial charge is 0.497 e. The number of anilines is 1. The highest BCUT2D eigenvalue weighted by Gasteiger charge is 2.14. The van der Waals surface area contributed by atoms with E-state index >= 15 is 0 Å². The maximum atomic E-state index is 12.0. The van der Waals surface area contributed by atoms with Crippen LogP contribution in [0.5, 0.6) is 5.75 Å². The fourth-order valence-electron chi connectivity index (χ4n) is 2.67. The van der Waals surface area contributed by atoms with E-state index in [0.717, 1.165) is 28.8 Å². The molecule has 1 aliphatic carbocycles. The summed E-state index contributed by atoms with van der Waals surface area (Å²) < 4.78 is 6.13. The Bertz CT molecular complexity index is 471. The van der Waals surface area contributed by atoms with Gasteiger partial charge in [0, 0.05) is 22.3 Å². The third-order valence-corrected chi connectivity index (χ3v) is 4.24. The van der Waals surface area contributed by atoms with Crippen molar-refractivity contribution in [2.75, 3.05) is 19.0 Å². The summed E-state index contributed by atoms with van der Waals surface area (Å²) in [5.74, 6) is 0.817. The smallest absolute Gasteiger partial charge is 0.239 e. The van der Waals surface area contributed by atoms with Gasteiger partial charge in [0.25, 0.3) is 0 Å². The lowest BCUT2D eigenvalue weighted by atomic mass is 10.1. The Balaban J connectivity index is 1.81. The zero-order valence-electron chi connectivity index (χ0n) is 12.5. The maximum Gasteiger partial charge on any atom is 0.239 e. The van der Waals surface area contributed by atoms with Gasteiger partial charge < -0.3 is 15.4 Å². The normalized spacial score (nSPS) is 16.1. The van der Waals surface area contributed by atoms with Gasteiger partial charge in [-0.15, -0.1) is 0 Å². The molecule has 2 N–H and O–H groups in total. The predicted molar refractivity (Wildman–Crippen MR) is 88.8 cm³/mol. The minimum absolute atomic E-state index is 0.0563. The van der Waals surface area contributed by atoms with Crippen molar-refractivity contribution in [3.05, 3.63) is 22.7 Å². The molecule has 0 spiro atoms. The van der Waals surface area contributed by atoms with Crippen LogP contribution in [-0.2, 0) is 4.79 Å². The molecule has 1 aromatic rings. The van der Waals surface area contributed by atoms with Crippen molar-refractivity contribution >= 4 is 27.5 Å². The molecule has 0 unspecified atom stereocenters. The standard InChI is InChI=1S/C16H23BrN2O2/c1-21-15-9-12(17)8-14(10-15)18-11-16(20)19-13-6-4-2-3-5-7-13/h8-10,13,18H,2-7,11H2,1H3,(H,19,20). The Hall–Kier alpha value is -1.23. The van der Waals surface area contributed by atoms with Gasteiger partial charge in [-0.25, -0.2) is 0 Å². The molecular formula is C16H23BrN2O2. The van der Waals surface area contributed by atoms with E-state index in [0.29, 0.717) is 6.04 Å². The lowest BCUT2D eigenvalue weighted by Gasteiger charge is -2.17. The molecule has 0 heterocycles. The lowest BCUT2D eigenvalue weighted by molar-refractivity contribution is -0.120. The van der Waals surface area contributed by atoms with E-state index in [1.807, 2.05) is 18.2 Å². The molecular weight excluding hydrogens is 332 g/mol. The quantitative estimate of drug-likeness (QED) is 0.792. The Morgan fingerprint density at radius 3 is 2.62 bits per heavy atom. The number of ether oxygens (including phenoxy) is 1. The molecule has 4 nitrogen and oxygen atoms in total. The van der Waals surface area contributed by atoms with Crippen LogP contribution >= 0.6 is 15.9 Å². The van der Waals surface area contributed by atoms with Crippen molar-refractivity contribution in [1.82, 2.24) is 5.32 Å². The van der Waals surface area contributed by atoms with Crippen molar-refractivity contribution in [2.45, 2.75) is 44.6 Å². The maximum absolute atomic E-state index is 12.0. The molecule has 0 aromatic heterocycles. The first-order chi connectivity index (χ1) is 10.2. The van der Waals surface area contributed by atoms with Crippen molar-refractivity contribution in [3.63, 3.8) is 0 Å². The van der Waals surface area contributed by atoms with Crippen molar-refractivity contribution in [3.8, 4) is 5.75 Å². The average molecular weight is 355 g/mol. The molecule has 21 heavy (non-hydrogen) atoms. The van der Waals surface area contributed by atoms with Crippen LogP contribution in [-0.4, -0.2) is 25.6 Å². The molecule has 1 aromatic carbocycles. The van der Waals surface area contributed by atoms with Gasteiger partial charge in [-0.05, 0) is 25.0 Å². The number of carbonyl (C=O) groups excluding carboxylic acids is 1. The second-order valence-electron chi connectivity index (χ2n) is 5.49. The number of hydrogen-bond acceptors (Lipinski definition) is 3. The van der Waals surface area contributed by atoms with Gasteiger partial charge in [-0.3, -0.25) is 4.79 Å². The summed E-state index contributed by atoms with van der Waals surface area (Å²) >= 11 is 3.43. The minimum Gasteiger partial charge on any atom is -0.497 e. The van der Waals surface area contributed by atoms with Crippen LogP contribution in [0.1, 0.15) is 38.5 Å². The third kappa shape index (κ3) is 5.58. The second-order valence-corrected chi connectivity index (χ2v) is 6.40. The number of rotatable bonds is 5. The number of nitrogens with one attached hydrogen (secondary N) is 2. The molecule has 0 aliphatic heterocycles. The second kappa shape index (κ2) is 8.27. The zero-order chi connectivity index (χ0) is 15.1. The molecule has 0 radical (unpaired) electrons. The van der Waals surface area contributed by atoms with E-state index in [1.54, 1.807) is 7.11 Å². The molecule has 5 heteroatoms. The predicted octanol–water partition coefficient (Wildman–Crippen LogP) is 3.71. The van der Waals surface area contributed by atoms with Gasteiger partial charge in [0.05, 0.1) is 13.7 Å². The van der Waals surface area contributed by atoms with Crippen LogP contribution in [0.2, 0.25) is 0 Å². The zero-order valence-corrected chi connectivity index (χ0v) is 14.0. The van der Waals surface area contributed by atoms with Crippen LogP contribution in [0.3, 0.4) is 0 Å². The van der Waals surface area contributed by atoms with Gasteiger partial charge in [0.1, 0.15) is 5.75 Å². The fourth-order valence-corrected chi connectivity index (χ4v) is 3.14. The summed E-state index contributed by atoms with van der Waals surface area (Å²) in [4.78, 5) is 12.0. The van der Waals surface area contributed by atoms with Crippen LogP contribution < -0.4 is 15.4 Å². The Morgan fingerprint density at radius 1 is 1.24 bits per heavy atom. The van der Waals surface area contributed by atoms with E-state index in [9.17, 15) is 4.79 Å². The average Bonchev–Trinajstić information content (AvgIpc) is 2.73. The summed E-state index contributed by atoms with van der Waals surface area (Å²) in [5.41, 5.74) is 0.872. The van der Waals surface area contributed by atoms with Crippen molar-refractivity contribution in [1.29, 1.82) is 0 Å². The highest BCUT2D eigenvalue weighted by Crippen LogP contribution is 2.24. The summed E-state index contributed by atoms with van der Waals surface area (Å²) in [6.45, 7) is 0.288. The fraction of sp³-hybridized carbons (Fsp3) is 0.562. The topological polar surface area (TPSA) is 50.4 Å². The molecule has 1 aliphatic rings. The highest BCUT2D eigenvalue weighted by molar-refractivity contribution is 9.10. The molecule has 0 atom stereocenters. The number of hydrogen-bond donors (Lipinski definition) is 2. The Kier molecular flexibility index (Phi) is 6.36. The minimum atomic E-state index is 0.0563. The first-order valence-electron chi connectivity index (χ1n) is 7.55. The molecule has 1 fully saturated rings. The molecule has 0 saturated heterocycles. The van der Waals surface area contributed by atoms with Crippen LogP contribution in [0, 0.1) is 0 Å². The molecule has 2 rings (SSSR count). The molecule has 116 valence electrons. The van der Waals surface area contributed by atoms with E-state index in [1.165, 1.54) is 25.7 Å². The van der Waals surface area contributed by atoms with Crippen molar-refractivity contribution < 1.29 is 9.53 Å². The van der Waals surface area contributed by atoms with Crippen molar-refractivity contribution in [2.24, 2.45) is 0 Å². The van der Waals surface area contributed by atoms with Gasteiger partial charge >= 0.3 is 0 Å². The van der Waals surface area contributed by atoms with E-state index in [2.05, 4.69) is 26.6 Å². The monoisotopic (exact) mass is 354 g/mol. The van der Waals surface area contributed by atoms with E-state index < -0.39 is 0 Å². The number of halogens is 1. The molecule has 0 bridgehead atoms. The van der Waals surface area contributed by atoms with Gasteiger partial charge in [-0.1, -0.05) is 41.6 Å². The highest BCUT2D eigenvalue weighted by atomic mass is 79.9. The summed E-state index contributed by atoms with van der Waals surface area (Å²) in [6, 6.07) is 6.04. The van der Waals surface area contributed by atoms with Gasteiger partial charge in [0.15, 0.2) is 0 Å². The van der Waals surface area contributed by atoms with E-state index in [4.69, 9.17) is 4.74 Å². The van der Waals surface area contributed by atoms with Crippen LogP contribution in [0.15, 0.2) is 22.7 Å². The lowest BCUT2D eigenvalue weighted by Crippen LogP contribution is -2.38. The summed E-state index contributed by atoms with van der Waals surface area (Å²) in [6.07, 6.45) is 7.25.